The van der Waals surface area contributed by atoms with E-state index in [0.717, 1.165) is 10.9 Å². The van der Waals surface area contributed by atoms with Crippen molar-refractivity contribution in [3.63, 3.8) is 0 Å². The predicted molar refractivity (Wildman–Crippen MR) is 78.5 cm³/mol. The van der Waals surface area contributed by atoms with Crippen LogP contribution in [0, 0.1) is 0 Å². The van der Waals surface area contributed by atoms with Crippen molar-refractivity contribution in [1.82, 2.24) is 5.32 Å². The lowest BCUT2D eigenvalue weighted by atomic mass is 10.2. The first kappa shape index (κ1) is 16.5. The second kappa shape index (κ2) is 8.58. The molecule has 1 aromatic rings. The first-order chi connectivity index (χ1) is 9.51. The van der Waals surface area contributed by atoms with Crippen LogP contribution in [0.3, 0.4) is 0 Å². The lowest BCUT2D eigenvalue weighted by Crippen LogP contribution is -2.35. The third kappa shape index (κ3) is 6.56. The molecule has 6 heteroatoms. The van der Waals surface area contributed by atoms with Crippen molar-refractivity contribution in [1.29, 1.82) is 0 Å². The number of benzene rings is 1. The zero-order valence-corrected chi connectivity index (χ0v) is 13.1. The van der Waals surface area contributed by atoms with Crippen molar-refractivity contribution in [2.75, 3.05) is 13.2 Å². The van der Waals surface area contributed by atoms with E-state index in [9.17, 15) is 9.59 Å². The zero-order valence-electron chi connectivity index (χ0n) is 11.5. The second-order valence-electron chi connectivity index (χ2n) is 4.28. The summed E-state index contributed by atoms with van der Waals surface area (Å²) in [6.45, 7) is 3.34. The number of nitrogens with one attached hydrogen (secondary N) is 1. The van der Waals surface area contributed by atoms with Gasteiger partial charge in [0.05, 0.1) is 0 Å². The number of halogens is 1. The summed E-state index contributed by atoms with van der Waals surface area (Å²) < 4.78 is 11.0. The molecule has 20 heavy (non-hydrogen) atoms. The van der Waals surface area contributed by atoms with Crippen LogP contribution in [0.2, 0.25) is 0 Å². The topological polar surface area (TPSA) is 64.6 Å². The minimum atomic E-state index is -0.577. The van der Waals surface area contributed by atoms with Gasteiger partial charge in [-0.2, -0.15) is 0 Å². The molecule has 0 saturated carbocycles. The minimum Gasteiger partial charge on any atom is -0.482 e. The molecular weight excluding hydrogens is 326 g/mol. The average molecular weight is 344 g/mol. The number of ether oxygens (including phenoxy) is 2. The van der Waals surface area contributed by atoms with Crippen LogP contribution >= 0.6 is 15.9 Å². The van der Waals surface area contributed by atoms with E-state index < -0.39 is 5.97 Å². The smallest absolute Gasteiger partial charge is 0.344 e. The Morgan fingerprint density at radius 3 is 2.50 bits per heavy atom. The van der Waals surface area contributed by atoms with Crippen LogP contribution in [-0.4, -0.2) is 31.1 Å². The molecule has 1 amide bonds. The number of hydrogen-bond donors (Lipinski definition) is 1. The highest BCUT2D eigenvalue weighted by Gasteiger charge is 2.10. The van der Waals surface area contributed by atoms with E-state index >= 15 is 0 Å². The fourth-order valence-corrected chi connectivity index (χ4v) is 1.54. The molecule has 1 aromatic carbocycles. The fraction of sp³-hybridized carbons (Fsp3) is 0.429. The van der Waals surface area contributed by atoms with E-state index in [0.29, 0.717) is 5.75 Å². The Hall–Kier alpha value is -1.56. The molecule has 0 spiro atoms. The molecule has 1 N–H and O–H groups in total. The molecule has 1 atom stereocenters. The SMILES string of the molecule is CC[C@H](C)NC(=O)COC(=O)COc1ccc(Br)cc1. The maximum atomic E-state index is 11.4. The van der Waals surface area contributed by atoms with Gasteiger partial charge < -0.3 is 14.8 Å². The molecule has 0 aliphatic heterocycles. The number of carbonyl (C=O) groups is 2. The van der Waals surface area contributed by atoms with Gasteiger partial charge >= 0.3 is 5.97 Å². The Morgan fingerprint density at radius 1 is 1.25 bits per heavy atom. The van der Waals surface area contributed by atoms with Gasteiger partial charge in [0.1, 0.15) is 5.75 Å². The fourth-order valence-electron chi connectivity index (χ4n) is 1.28. The van der Waals surface area contributed by atoms with Crippen molar-refractivity contribution in [3.8, 4) is 5.75 Å². The maximum absolute atomic E-state index is 11.4. The zero-order chi connectivity index (χ0) is 15.0. The van der Waals surface area contributed by atoms with Crippen LogP contribution < -0.4 is 10.1 Å². The summed E-state index contributed by atoms with van der Waals surface area (Å²) in [5.74, 6) is -0.322. The summed E-state index contributed by atoms with van der Waals surface area (Å²) in [5, 5.41) is 2.70. The van der Waals surface area contributed by atoms with Gasteiger partial charge in [-0.3, -0.25) is 4.79 Å². The molecule has 5 nitrogen and oxygen atoms in total. The van der Waals surface area contributed by atoms with Crippen LogP contribution in [-0.2, 0) is 14.3 Å². The van der Waals surface area contributed by atoms with Gasteiger partial charge in [0.2, 0.25) is 0 Å². The van der Waals surface area contributed by atoms with E-state index in [4.69, 9.17) is 9.47 Å². The van der Waals surface area contributed by atoms with Gasteiger partial charge in [-0.1, -0.05) is 22.9 Å². The predicted octanol–water partition coefficient (Wildman–Crippen LogP) is 2.29. The van der Waals surface area contributed by atoms with E-state index in [1.54, 1.807) is 24.3 Å². The molecule has 0 heterocycles. The van der Waals surface area contributed by atoms with E-state index in [2.05, 4.69) is 21.2 Å². The van der Waals surface area contributed by atoms with Gasteiger partial charge in [-0.15, -0.1) is 0 Å². The third-order valence-electron chi connectivity index (χ3n) is 2.55. The highest BCUT2D eigenvalue weighted by molar-refractivity contribution is 9.10. The molecule has 0 unspecified atom stereocenters. The largest absolute Gasteiger partial charge is 0.482 e. The van der Waals surface area contributed by atoms with Crippen LogP contribution in [0.4, 0.5) is 0 Å². The number of hydrogen-bond acceptors (Lipinski definition) is 4. The number of carbonyl (C=O) groups excluding carboxylic acids is 2. The minimum absolute atomic E-state index is 0.0696. The molecule has 1 rings (SSSR count). The van der Waals surface area contributed by atoms with E-state index in [1.807, 2.05) is 13.8 Å². The Bertz CT molecular complexity index is 447. The summed E-state index contributed by atoms with van der Waals surface area (Å²) in [6, 6.07) is 7.14. The summed E-state index contributed by atoms with van der Waals surface area (Å²) >= 11 is 3.30. The van der Waals surface area contributed by atoms with Crippen molar-refractivity contribution < 1.29 is 19.1 Å². The molecule has 0 aromatic heterocycles. The standard InChI is InChI=1S/C14H18BrNO4/c1-3-10(2)16-13(17)8-20-14(18)9-19-12-6-4-11(15)5-7-12/h4-7,10H,3,8-9H2,1-2H3,(H,16,17)/t10-/m0/s1. The number of esters is 1. The van der Waals surface area contributed by atoms with Crippen molar-refractivity contribution in [2.24, 2.45) is 0 Å². The molecule has 0 bridgehead atoms. The average Bonchev–Trinajstić information content (AvgIpc) is 2.44. The lowest BCUT2D eigenvalue weighted by molar-refractivity contribution is -0.150. The van der Waals surface area contributed by atoms with Gasteiger partial charge in [0.15, 0.2) is 13.2 Å². The number of rotatable bonds is 7. The van der Waals surface area contributed by atoms with E-state index in [1.165, 1.54) is 0 Å². The Morgan fingerprint density at radius 2 is 1.90 bits per heavy atom. The van der Waals surface area contributed by atoms with Crippen molar-refractivity contribution >= 4 is 27.8 Å². The first-order valence-corrected chi connectivity index (χ1v) is 7.14. The Kier molecular flexibility index (Phi) is 7.08. The van der Waals surface area contributed by atoms with Crippen LogP contribution in [0.15, 0.2) is 28.7 Å². The Balaban J connectivity index is 2.23. The quantitative estimate of drug-likeness (QED) is 0.771. The van der Waals surface area contributed by atoms with E-state index in [-0.39, 0.29) is 25.2 Å². The van der Waals surface area contributed by atoms with Crippen LogP contribution in [0.5, 0.6) is 5.75 Å². The molecule has 0 aliphatic carbocycles. The normalized spacial score (nSPS) is 11.6. The van der Waals surface area contributed by atoms with Crippen LogP contribution in [0.25, 0.3) is 0 Å². The van der Waals surface area contributed by atoms with Gasteiger partial charge in [0, 0.05) is 10.5 Å². The molecule has 0 saturated heterocycles. The molecule has 110 valence electrons. The Labute approximate surface area is 126 Å². The monoisotopic (exact) mass is 343 g/mol. The molecule has 0 aliphatic rings. The van der Waals surface area contributed by atoms with Crippen LogP contribution in [0.1, 0.15) is 20.3 Å². The highest BCUT2D eigenvalue weighted by Crippen LogP contribution is 2.15. The summed E-state index contributed by atoms with van der Waals surface area (Å²) in [7, 11) is 0. The van der Waals surface area contributed by atoms with Gasteiger partial charge in [0.25, 0.3) is 5.91 Å². The number of amides is 1. The van der Waals surface area contributed by atoms with Gasteiger partial charge in [-0.05, 0) is 37.6 Å². The lowest BCUT2D eigenvalue weighted by Gasteiger charge is -2.11. The maximum Gasteiger partial charge on any atom is 0.344 e. The summed E-state index contributed by atoms with van der Waals surface area (Å²) in [6.07, 6.45) is 0.826. The highest BCUT2D eigenvalue weighted by atomic mass is 79.9. The van der Waals surface area contributed by atoms with Crippen molar-refractivity contribution in [2.45, 2.75) is 26.3 Å². The first-order valence-electron chi connectivity index (χ1n) is 6.34. The third-order valence-corrected chi connectivity index (χ3v) is 3.08. The second-order valence-corrected chi connectivity index (χ2v) is 5.20. The summed E-state index contributed by atoms with van der Waals surface area (Å²) in [4.78, 5) is 22.8. The molecule has 0 radical (unpaired) electrons. The molecule has 0 fully saturated rings. The molecular formula is C14H18BrNO4. The summed E-state index contributed by atoms with van der Waals surface area (Å²) in [5.41, 5.74) is 0. The van der Waals surface area contributed by atoms with Gasteiger partial charge in [-0.25, -0.2) is 4.79 Å². The van der Waals surface area contributed by atoms with Crippen molar-refractivity contribution in [3.05, 3.63) is 28.7 Å².